The zero-order chi connectivity index (χ0) is 18.6. The molecule has 1 aliphatic rings. The first kappa shape index (κ1) is 19.9. The third-order valence-electron chi connectivity index (χ3n) is 5.30. The molecule has 0 aromatic heterocycles. The molecule has 0 saturated heterocycles. The largest absolute Gasteiger partial charge is 0.481 e. The maximum absolute atomic E-state index is 11.2. The van der Waals surface area contributed by atoms with Gasteiger partial charge in [0.1, 0.15) is 0 Å². The first-order chi connectivity index (χ1) is 11.1. The Kier molecular flexibility index (Phi) is 6.74. The molecule has 0 heterocycles. The van der Waals surface area contributed by atoms with E-state index in [9.17, 15) is 19.2 Å². The molecular weight excluding hydrogens is 320 g/mol. The minimum atomic E-state index is -1.57. The molecule has 1 rings (SSSR count). The van der Waals surface area contributed by atoms with Gasteiger partial charge in [-0.25, -0.2) is 0 Å². The van der Waals surface area contributed by atoms with Crippen molar-refractivity contribution in [2.24, 2.45) is 35.5 Å². The zero-order valence-corrected chi connectivity index (χ0v) is 13.7. The van der Waals surface area contributed by atoms with Gasteiger partial charge in [0, 0.05) is 0 Å². The number of rotatable bonds is 8. The van der Waals surface area contributed by atoms with Crippen LogP contribution in [0.5, 0.6) is 0 Å². The highest BCUT2D eigenvalue weighted by Gasteiger charge is 2.42. The van der Waals surface area contributed by atoms with Crippen molar-refractivity contribution in [3.8, 4) is 0 Å². The van der Waals surface area contributed by atoms with Crippen LogP contribution in [0, 0.1) is 35.5 Å². The van der Waals surface area contributed by atoms with E-state index < -0.39 is 35.7 Å². The smallest absolute Gasteiger partial charge is 0.317 e. The summed E-state index contributed by atoms with van der Waals surface area (Å²) in [4.78, 5) is 44.7. The standard InChI is InChI=1S/C16H24O8/c1-7-3-4-8(2)10(6-12(15(21)22)16(23)24)9(7)5-11(13(17)18)14(19)20/h7-12H,3-6H2,1-2H3,(H,17,18)(H,19,20)(H,21,22)(H,23,24). The van der Waals surface area contributed by atoms with Gasteiger partial charge in [0.15, 0.2) is 11.8 Å². The van der Waals surface area contributed by atoms with E-state index in [2.05, 4.69) is 0 Å². The average molecular weight is 344 g/mol. The Labute approximate surface area is 139 Å². The number of hydrogen-bond donors (Lipinski definition) is 4. The molecule has 0 bridgehead atoms. The summed E-state index contributed by atoms with van der Waals surface area (Å²) in [6.45, 7) is 3.75. The molecule has 1 aliphatic carbocycles. The lowest BCUT2D eigenvalue weighted by Gasteiger charge is -2.42. The van der Waals surface area contributed by atoms with E-state index in [4.69, 9.17) is 20.4 Å². The van der Waals surface area contributed by atoms with Gasteiger partial charge in [0.25, 0.3) is 0 Å². The molecule has 1 fully saturated rings. The van der Waals surface area contributed by atoms with Crippen LogP contribution in [0.4, 0.5) is 0 Å². The summed E-state index contributed by atoms with van der Waals surface area (Å²) in [7, 11) is 0. The molecule has 8 nitrogen and oxygen atoms in total. The molecule has 1 saturated carbocycles. The lowest BCUT2D eigenvalue weighted by Crippen LogP contribution is -2.39. The van der Waals surface area contributed by atoms with Crippen LogP contribution in [0.1, 0.15) is 39.5 Å². The normalized spacial score (nSPS) is 27.2. The molecule has 8 heteroatoms. The molecule has 0 radical (unpaired) electrons. The first-order valence-corrected chi connectivity index (χ1v) is 7.97. The number of carbonyl (C=O) groups is 4. The van der Waals surface area contributed by atoms with Crippen LogP contribution >= 0.6 is 0 Å². The molecule has 0 aromatic carbocycles. The van der Waals surface area contributed by atoms with Crippen LogP contribution in [0.15, 0.2) is 0 Å². The fourth-order valence-electron chi connectivity index (χ4n) is 3.77. The Balaban J connectivity index is 3.06. The molecule has 0 amide bonds. The Morgan fingerprint density at radius 3 is 1.17 bits per heavy atom. The van der Waals surface area contributed by atoms with Gasteiger partial charge in [-0.2, -0.15) is 0 Å². The van der Waals surface area contributed by atoms with Gasteiger partial charge in [-0.15, -0.1) is 0 Å². The van der Waals surface area contributed by atoms with Gasteiger partial charge < -0.3 is 20.4 Å². The zero-order valence-electron chi connectivity index (χ0n) is 13.7. The highest BCUT2D eigenvalue weighted by Crippen LogP contribution is 2.44. The molecular formula is C16H24O8. The topological polar surface area (TPSA) is 149 Å². The summed E-state index contributed by atoms with van der Waals surface area (Å²) >= 11 is 0. The monoisotopic (exact) mass is 344 g/mol. The molecule has 136 valence electrons. The highest BCUT2D eigenvalue weighted by atomic mass is 16.4. The lowest BCUT2D eigenvalue weighted by molar-refractivity contribution is -0.160. The SMILES string of the molecule is CC1CCC(C)C(CC(C(=O)O)C(=O)O)C1CC(C(=O)O)C(=O)O. The van der Waals surface area contributed by atoms with E-state index >= 15 is 0 Å². The van der Waals surface area contributed by atoms with Gasteiger partial charge in [-0.1, -0.05) is 26.7 Å². The van der Waals surface area contributed by atoms with Crippen molar-refractivity contribution < 1.29 is 39.6 Å². The summed E-state index contributed by atoms with van der Waals surface area (Å²) in [5, 5.41) is 36.4. The third-order valence-corrected chi connectivity index (χ3v) is 5.30. The summed E-state index contributed by atoms with van der Waals surface area (Å²) in [6.07, 6.45) is 1.32. The Morgan fingerprint density at radius 1 is 0.708 bits per heavy atom. The number of aliphatic carboxylic acids is 4. The summed E-state index contributed by atoms with van der Waals surface area (Å²) in [6, 6.07) is 0. The molecule has 0 aromatic rings. The van der Waals surface area contributed by atoms with E-state index in [1.807, 2.05) is 13.8 Å². The third kappa shape index (κ3) is 4.69. The van der Waals surface area contributed by atoms with E-state index in [1.54, 1.807) is 0 Å². The van der Waals surface area contributed by atoms with Crippen LogP contribution in [0.25, 0.3) is 0 Å². The van der Waals surface area contributed by atoms with Crippen molar-refractivity contribution in [1.82, 2.24) is 0 Å². The molecule has 0 spiro atoms. The van der Waals surface area contributed by atoms with E-state index in [-0.39, 0.29) is 36.5 Å². The van der Waals surface area contributed by atoms with Crippen LogP contribution in [0.3, 0.4) is 0 Å². The maximum Gasteiger partial charge on any atom is 0.317 e. The Hall–Kier alpha value is -2.12. The van der Waals surface area contributed by atoms with Gasteiger partial charge in [0.2, 0.25) is 0 Å². The first-order valence-electron chi connectivity index (χ1n) is 7.97. The number of hydrogen-bond acceptors (Lipinski definition) is 4. The second-order valence-electron chi connectivity index (χ2n) is 6.79. The van der Waals surface area contributed by atoms with E-state index in [0.29, 0.717) is 0 Å². The van der Waals surface area contributed by atoms with Crippen molar-refractivity contribution >= 4 is 23.9 Å². The fraction of sp³-hybridized carbons (Fsp3) is 0.750. The predicted octanol–water partition coefficient (Wildman–Crippen LogP) is 1.64. The van der Waals surface area contributed by atoms with Crippen LogP contribution in [0.2, 0.25) is 0 Å². The van der Waals surface area contributed by atoms with E-state index in [0.717, 1.165) is 12.8 Å². The van der Waals surface area contributed by atoms with Crippen LogP contribution in [-0.4, -0.2) is 44.3 Å². The van der Waals surface area contributed by atoms with Crippen molar-refractivity contribution in [3.63, 3.8) is 0 Å². The molecule has 0 aliphatic heterocycles. The highest BCUT2D eigenvalue weighted by molar-refractivity contribution is 5.93. The molecule has 4 atom stereocenters. The Morgan fingerprint density at radius 2 is 0.958 bits per heavy atom. The van der Waals surface area contributed by atoms with Gasteiger partial charge in [-0.05, 0) is 36.5 Å². The number of carboxylic acids is 4. The van der Waals surface area contributed by atoms with Gasteiger partial charge in [-0.3, -0.25) is 19.2 Å². The number of carboxylic acid groups (broad SMARTS) is 4. The van der Waals surface area contributed by atoms with Crippen molar-refractivity contribution in [1.29, 1.82) is 0 Å². The second kappa shape index (κ2) is 8.12. The average Bonchev–Trinajstić information content (AvgIpc) is 2.45. The van der Waals surface area contributed by atoms with Gasteiger partial charge >= 0.3 is 23.9 Å². The predicted molar refractivity (Wildman–Crippen MR) is 81.3 cm³/mol. The van der Waals surface area contributed by atoms with Crippen molar-refractivity contribution in [2.75, 3.05) is 0 Å². The van der Waals surface area contributed by atoms with E-state index in [1.165, 1.54) is 0 Å². The van der Waals surface area contributed by atoms with Gasteiger partial charge in [0.05, 0.1) is 0 Å². The lowest BCUT2D eigenvalue weighted by atomic mass is 9.62. The summed E-state index contributed by atoms with van der Waals surface area (Å²) in [5.74, 6) is -9.53. The maximum atomic E-state index is 11.2. The Bertz CT molecular complexity index is 440. The quantitative estimate of drug-likeness (QED) is 0.485. The minimum absolute atomic E-state index is 0.00985. The second-order valence-corrected chi connectivity index (χ2v) is 6.79. The minimum Gasteiger partial charge on any atom is -0.481 e. The summed E-state index contributed by atoms with van der Waals surface area (Å²) in [5.41, 5.74) is 0. The van der Waals surface area contributed by atoms with Crippen molar-refractivity contribution in [2.45, 2.75) is 39.5 Å². The van der Waals surface area contributed by atoms with Crippen LogP contribution < -0.4 is 0 Å². The van der Waals surface area contributed by atoms with Crippen molar-refractivity contribution in [3.05, 3.63) is 0 Å². The fourth-order valence-corrected chi connectivity index (χ4v) is 3.77. The molecule has 4 N–H and O–H groups in total. The molecule has 4 unspecified atom stereocenters. The molecule has 24 heavy (non-hydrogen) atoms. The summed E-state index contributed by atoms with van der Waals surface area (Å²) < 4.78 is 0. The van der Waals surface area contributed by atoms with Crippen LogP contribution in [-0.2, 0) is 19.2 Å².